The molecule has 1 atom stereocenters. The summed E-state index contributed by atoms with van der Waals surface area (Å²) in [4.78, 5) is 8.53. The average molecular weight is 641 g/mol. The molecule has 0 bridgehead atoms. The van der Waals surface area contributed by atoms with Crippen LogP contribution in [-0.4, -0.2) is 9.97 Å². The van der Waals surface area contributed by atoms with Gasteiger partial charge in [0.1, 0.15) is 5.44 Å². The van der Waals surface area contributed by atoms with E-state index in [1.165, 1.54) is 0 Å². The number of aromatic nitrogens is 2. The van der Waals surface area contributed by atoms with Crippen LogP contribution in [0.5, 0.6) is 11.6 Å². The van der Waals surface area contributed by atoms with Crippen LogP contribution in [0.25, 0.3) is 22.3 Å². The van der Waals surface area contributed by atoms with Gasteiger partial charge in [0.2, 0.25) is 5.88 Å². The fourth-order valence-electron chi connectivity index (χ4n) is 4.12. The molecule has 1 aliphatic heterocycles. The van der Waals surface area contributed by atoms with Crippen LogP contribution in [0.15, 0.2) is 103 Å². The maximum absolute atomic E-state index is 14.7. The molecular weight excluding hydrogens is 622 g/mol. The Morgan fingerprint density at radius 3 is 2.44 bits per heavy atom. The zero-order chi connectivity index (χ0) is 23.1. The molecule has 5 aromatic rings. The van der Waals surface area contributed by atoms with Gasteiger partial charge in [0.25, 0.3) is 0 Å². The smallest absolute Gasteiger partial charge is 0.460 e. The van der Waals surface area contributed by atoms with Crippen LogP contribution < -0.4 is 20.8 Å². The van der Waals surface area contributed by atoms with Crippen molar-refractivity contribution in [2.45, 2.75) is 0 Å². The predicted octanol–water partition coefficient (Wildman–Crippen LogP) is 5.15. The Morgan fingerprint density at radius 1 is 0.765 bits per heavy atom. The van der Waals surface area contributed by atoms with E-state index < -0.39 is 7.14 Å². The number of fused-ring (bicyclic) bond motifs is 3. The zero-order valence-corrected chi connectivity index (χ0v) is 20.9. The first-order chi connectivity index (χ1) is 16.6. The van der Waals surface area contributed by atoms with Gasteiger partial charge in [0.15, 0.2) is 7.14 Å². The standard InChI is InChI=1S/C28H17N2O2P.Pt/c31-33(28-13-4-6-17-30-28)25-11-2-1-10-23(25)24-15-14-21(19-26(24)33)20-8-7-9-22(18-20)32-27-12-3-5-16-29-27;/h1-17H;/q-2;+2/i17D;. The minimum Gasteiger partial charge on any atom is -0.460 e. The van der Waals surface area contributed by atoms with E-state index in [1.54, 1.807) is 30.5 Å². The molecule has 3 aromatic carbocycles. The molecule has 2 aromatic heterocycles. The second-order valence-electron chi connectivity index (χ2n) is 7.58. The fraction of sp³-hybridized carbons (Fsp3) is 0. The Kier molecular flexibility index (Phi) is 5.71. The van der Waals surface area contributed by atoms with Gasteiger partial charge in [-0.05, 0) is 23.8 Å². The fourth-order valence-corrected chi connectivity index (χ4v) is 6.97. The van der Waals surface area contributed by atoms with Gasteiger partial charge < -0.3 is 9.30 Å². The van der Waals surface area contributed by atoms with E-state index in [2.05, 4.69) is 22.1 Å². The van der Waals surface area contributed by atoms with Crippen LogP contribution in [0.3, 0.4) is 0 Å². The summed E-state index contributed by atoms with van der Waals surface area (Å²) >= 11 is 0. The maximum atomic E-state index is 14.7. The number of pyridine rings is 2. The summed E-state index contributed by atoms with van der Waals surface area (Å²) in [7, 11) is -3.29. The third-order valence-electron chi connectivity index (χ3n) is 5.60. The van der Waals surface area contributed by atoms with Crippen molar-refractivity contribution in [2.75, 3.05) is 0 Å². The average Bonchev–Trinajstić information content (AvgIpc) is 3.14. The SMILES string of the molecule is [2H]c1cccc(P2(=O)c3[c-]c(-c4[c-]c(Oc5ccccn5)ccc4)ccc3-c3ccccc32)n1.[Pt+2]. The molecule has 1 unspecified atom stereocenters. The van der Waals surface area contributed by atoms with Gasteiger partial charge in [-0.25, -0.2) is 16.1 Å². The number of nitrogens with zero attached hydrogens (tertiary/aromatic N) is 2. The number of hydrogen-bond donors (Lipinski definition) is 0. The largest absolute Gasteiger partial charge is 2.00 e. The van der Waals surface area contributed by atoms with Crippen molar-refractivity contribution in [3.63, 3.8) is 0 Å². The first-order valence-electron chi connectivity index (χ1n) is 11.0. The number of benzene rings is 3. The molecule has 0 amide bonds. The quantitative estimate of drug-likeness (QED) is 0.198. The van der Waals surface area contributed by atoms with Crippen LogP contribution in [0.2, 0.25) is 0 Å². The number of ether oxygens (including phenoxy) is 1. The van der Waals surface area contributed by atoms with Crippen molar-refractivity contribution in [3.8, 4) is 33.9 Å². The topological polar surface area (TPSA) is 52.1 Å². The second kappa shape index (κ2) is 9.14. The van der Waals surface area contributed by atoms with Crippen LogP contribution in [0.4, 0.5) is 0 Å². The molecule has 0 saturated heterocycles. The van der Waals surface area contributed by atoms with Crippen molar-refractivity contribution in [1.29, 1.82) is 0 Å². The van der Waals surface area contributed by atoms with E-state index in [-0.39, 0.29) is 27.2 Å². The minimum atomic E-state index is -3.29. The third-order valence-corrected chi connectivity index (χ3v) is 8.55. The molecule has 0 spiro atoms. The third kappa shape index (κ3) is 3.74. The monoisotopic (exact) mass is 640 g/mol. The molecule has 4 nitrogen and oxygen atoms in total. The molecule has 0 radical (unpaired) electrons. The van der Waals surface area contributed by atoms with Crippen LogP contribution in [0.1, 0.15) is 1.37 Å². The van der Waals surface area contributed by atoms with Gasteiger partial charge in [0.05, 0.1) is 1.37 Å². The Morgan fingerprint density at radius 2 is 1.59 bits per heavy atom. The van der Waals surface area contributed by atoms with E-state index in [0.29, 0.717) is 22.4 Å². The summed E-state index contributed by atoms with van der Waals surface area (Å²) < 4.78 is 28.5. The van der Waals surface area contributed by atoms with Gasteiger partial charge in [0, 0.05) is 29.5 Å². The summed E-state index contributed by atoms with van der Waals surface area (Å²) in [6.45, 7) is 0. The van der Waals surface area contributed by atoms with E-state index in [0.717, 1.165) is 27.6 Å². The molecule has 0 saturated carbocycles. The molecule has 166 valence electrons. The molecule has 0 fully saturated rings. The molecule has 34 heavy (non-hydrogen) atoms. The Balaban J connectivity index is 0.00000253. The Bertz CT molecular complexity index is 1590. The molecule has 6 heteroatoms. The van der Waals surface area contributed by atoms with Crippen LogP contribution in [0, 0.1) is 12.1 Å². The van der Waals surface area contributed by atoms with Crippen molar-refractivity contribution in [3.05, 3.63) is 115 Å². The number of hydrogen-bond acceptors (Lipinski definition) is 4. The molecular formula is C28H17N2O2PPt. The molecule has 0 N–H and O–H groups in total. The van der Waals surface area contributed by atoms with E-state index in [1.807, 2.05) is 66.7 Å². The van der Waals surface area contributed by atoms with E-state index >= 15 is 0 Å². The van der Waals surface area contributed by atoms with Gasteiger partial charge in [-0.15, -0.1) is 18.2 Å². The van der Waals surface area contributed by atoms with Crippen molar-refractivity contribution >= 4 is 23.2 Å². The molecule has 6 rings (SSSR count). The summed E-state index contributed by atoms with van der Waals surface area (Å²) in [5.74, 6) is 1.01. The minimum absolute atomic E-state index is 0. The molecule has 0 aliphatic carbocycles. The van der Waals surface area contributed by atoms with Crippen molar-refractivity contribution in [1.82, 2.24) is 9.97 Å². The first kappa shape index (κ1) is 21.2. The second-order valence-corrected chi connectivity index (χ2v) is 10.2. The summed E-state index contributed by atoms with van der Waals surface area (Å²) in [6, 6.07) is 34.4. The normalized spacial score (nSPS) is 16.1. The van der Waals surface area contributed by atoms with Crippen molar-refractivity contribution in [2.24, 2.45) is 0 Å². The maximum Gasteiger partial charge on any atom is 2.00 e. The van der Waals surface area contributed by atoms with Gasteiger partial charge in [-0.3, -0.25) is 4.98 Å². The zero-order valence-electron chi connectivity index (χ0n) is 18.7. The van der Waals surface area contributed by atoms with Crippen LogP contribution >= 0.6 is 7.14 Å². The summed E-state index contributed by atoms with van der Waals surface area (Å²) in [5.41, 5.74) is 3.70. The molecule has 3 heterocycles. The number of rotatable bonds is 4. The Hall–Kier alpha value is -3.32. The Labute approximate surface area is 213 Å². The van der Waals surface area contributed by atoms with Crippen molar-refractivity contribution < 1.29 is 31.7 Å². The predicted molar refractivity (Wildman–Crippen MR) is 130 cm³/mol. The summed E-state index contributed by atoms with van der Waals surface area (Å²) in [5, 5.41) is 1.33. The van der Waals surface area contributed by atoms with Gasteiger partial charge in [-0.2, -0.15) is 24.3 Å². The van der Waals surface area contributed by atoms with Crippen LogP contribution in [-0.2, 0) is 25.6 Å². The van der Waals surface area contributed by atoms with E-state index in [4.69, 9.17) is 6.11 Å². The first-order valence-corrected chi connectivity index (χ1v) is 12.2. The van der Waals surface area contributed by atoms with Gasteiger partial charge >= 0.3 is 21.1 Å². The van der Waals surface area contributed by atoms with E-state index in [9.17, 15) is 4.57 Å². The van der Waals surface area contributed by atoms with Gasteiger partial charge in [-0.1, -0.05) is 47.3 Å². The summed E-state index contributed by atoms with van der Waals surface area (Å²) in [6.07, 6.45) is 1.75. The molecule has 1 aliphatic rings.